The largest absolute Gasteiger partial charge is 0.352 e. The van der Waals surface area contributed by atoms with Crippen LogP contribution in [0.4, 0.5) is 5.95 Å². The zero-order valence-electron chi connectivity index (χ0n) is 14.6. The van der Waals surface area contributed by atoms with E-state index in [1.807, 2.05) is 30.5 Å². The molecule has 0 fully saturated rings. The summed E-state index contributed by atoms with van der Waals surface area (Å²) in [7, 11) is 0. The van der Waals surface area contributed by atoms with Gasteiger partial charge in [-0.3, -0.25) is 14.9 Å². The monoisotopic (exact) mass is 371 g/mol. The molecule has 0 spiro atoms. The van der Waals surface area contributed by atoms with Crippen molar-refractivity contribution in [2.45, 2.75) is 32.6 Å². The molecule has 0 saturated carbocycles. The normalized spacial score (nSPS) is 10.8. The standard InChI is InChI=1S/C18H21N5O2S/c1-13-12-26-18-21-17(22-23(13)18)20-15(24)10-6-3-7-11-19-16(25)14-8-4-2-5-9-14/h2,4-5,8-9,12H,3,6-7,10-11H2,1H3,(H,19,25)(H,20,22,24). The Kier molecular flexibility index (Phi) is 5.96. The minimum Gasteiger partial charge on any atom is -0.352 e. The number of rotatable bonds is 8. The van der Waals surface area contributed by atoms with Gasteiger partial charge in [0.1, 0.15) is 0 Å². The second kappa shape index (κ2) is 8.57. The Bertz CT molecular complexity index is 888. The van der Waals surface area contributed by atoms with Crippen LogP contribution in [0.15, 0.2) is 35.7 Å². The second-order valence-electron chi connectivity index (χ2n) is 5.99. The minimum atomic E-state index is -0.0887. The SMILES string of the molecule is Cc1csc2nc(NC(=O)CCCCCNC(=O)c3ccccc3)nn12. The Morgan fingerprint density at radius 1 is 1.15 bits per heavy atom. The fourth-order valence-corrected chi connectivity index (χ4v) is 3.31. The lowest BCUT2D eigenvalue weighted by atomic mass is 10.1. The maximum Gasteiger partial charge on any atom is 0.251 e. The van der Waals surface area contributed by atoms with Crippen molar-refractivity contribution in [3.63, 3.8) is 0 Å². The van der Waals surface area contributed by atoms with Gasteiger partial charge in [0.2, 0.25) is 16.8 Å². The summed E-state index contributed by atoms with van der Waals surface area (Å²) in [6.45, 7) is 2.55. The van der Waals surface area contributed by atoms with E-state index >= 15 is 0 Å². The third-order valence-electron chi connectivity index (χ3n) is 3.90. The van der Waals surface area contributed by atoms with Crippen molar-refractivity contribution in [3.8, 4) is 0 Å². The number of thiazole rings is 1. The molecule has 0 aliphatic heterocycles. The predicted octanol–water partition coefficient (Wildman–Crippen LogP) is 3.03. The number of aryl methyl sites for hydroxylation is 1. The third kappa shape index (κ3) is 4.66. The van der Waals surface area contributed by atoms with Crippen LogP contribution in [0, 0.1) is 6.92 Å². The number of nitrogens with zero attached hydrogens (tertiary/aromatic N) is 3. The molecule has 0 bridgehead atoms. The van der Waals surface area contributed by atoms with Crippen LogP contribution in [-0.4, -0.2) is 33.0 Å². The van der Waals surface area contributed by atoms with Gasteiger partial charge in [0.15, 0.2) is 0 Å². The molecule has 1 aromatic carbocycles. The number of fused-ring (bicyclic) bond motifs is 1. The van der Waals surface area contributed by atoms with Crippen LogP contribution in [0.2, 0.25) is 0 Å². The first kappa shape index (κ1) is 18.1. The van der Waals surface area contributed by atoms with Crippen LogP contribution >= 0.6 is 11.3 Å². The topological polar surface area (TPSA) is 88.4 Å². The molecule has 0 saturated heterocycles. The highest BCUT2D eigenvalue weighted by Crippen LogP contribution is 2.15. The van der Waals surface area contributed by atoms with Gasteiger partial charge in [0.05, 0.1) is 5.69 Å². The number of carbonyl (C=O) groups is 2. The number of hydrogen-bond donors (Lipinski definition) is 2. The van der Waals surface area contributed by atoms with Crippen LogP contribution < -0.4 is 10.6 Å². The van der Waals surface area contributed by atoms with Crippen molar-refractivity contribution >= 4 is 34.1 Å². The first-order valence-electron chi connectivity index (χ1n) is 8.57. The molecule has 0 radical (unpaired) electrons. The van der Waals surface area contributed by atoms with E-state index in [0.29, 0.717) is 24.5 Å². The fourth-order valence-electron chi connectivity index (χ4n) is 2.51. The Labute approximate surface area is 155 Å². The van der Waals surface area contributed by atoms with E-state index in [0.717, 1.165) is 29.9 Å². The van der Waals surface area contributed by atoms with Gasteiger partial charge in [0.25, 0.3) is 5.91 Å². The summed E-state index contributed by atoms with van der Waals surface area (Å²) in [6, 6.07) is 9.14. The molecule has 0 aliphatic rings. The molecule has 2 N–H and O–H groups in total. The third-order valence-corrected chi connectivity index (χ3v) is 4.83. The van der Waals surface area contributed by atoms with E-state index < -0.39 is 0 Å². The van der Waals surface area contributed by atoms with E-state index in [-0.39, 0.29) is 11.8 Å². The molecular weight excluding hydrogens is 350 g/mol. The summed E-state index contributed by atoms with van der Waals surface area (Å²) in [5.74, 6) is 0.193. The summed E-state index contributed by atoms with van der Waals surface area (Å²) >= 11 is 1.49. The summed E-state index contributed by atoms with van der Waals surface area (Å²) in [5.41, 5.74) is 1.66. The zero-order chi connectivity index (χ0) is 18.4. The maximum atomic E-state index is 12.0. The number of nitrogens with one attached hydrogen (secondary N) is 2. The summed E-state index contributed by atoms with van der Waals surface area (Å²) < 4.78 is 1.72. The highest BCUT2D eigenvalue weighted by atomic mass is 32.1. The number of hydrogen-bond acceptors (Lipinski definition) is 5. The fraction of sp³-hybridized carbons (Fsp3) is 0.333. The second-order valence-corrected chi connectivity index (χ2v) is 6.82. The highest BCUT2D eigenvalue weighted by Gasteiger charge is 2.10. The molecule has 2 aromatic heterocycles. The molecule has 26 heavy (non-hydrogen) atoms. The van der Waals surface area contributed by atoms with Crippen LogP contribution in [0.25, 0.3) is 4.96 Å². The quantitative estimate of drug-likeness (QED) is 0.596. The van der Waals surface area contributed by atoms with Gasteiger partial charge in [-0.2, -0.15) is 4.98 Å². The number of aromatic nitrogens is 3. The van der Waals surface area contributed by atoms with Crippen molar-refractivity contribution in [2.24, 2.45) is 0 Å². The Balaban J connectivity index is 1.31. The molecule has 0 atom stereocenters. The molecule has 2 amide bonds. The van der Waals surface area contributed by atoms with E-state index in [1.54, 1.807) is 16.6 Å². The lowest BCUT2D eigenvalue weighted by molar-refractivity contribution is -0.116. The molecule has 3 rings (SSSR count). The molecule has 136 valence electrons. The lowest BCUT2D eigenvalue weighted by Crippen LogP contribution is -2.24. The van der Waals surface area contributed by atoms with Crippen molar-refractivity contribution in [1.29, 1.82) is 0 Å². The molecule has 7 nitrogen and oxygen atoms in total. The van der Waals surface area contributed by atoms with E-state index in [2.05, 4.69) is 20.7 Å². The summed E-state index contributed by atoms with van der Waals surface area (Å²) in [5, 5.41) is 11.8. The molecule has 2 heterocycles. The van der Waals surface area contributed by atoms with Gasteiger partial charge in [-0.25, -0.2) is 4.52 Å². The van der Waals surface area contributed by atoms with Crippen LogP contribution in [0.1, 0.15) is 41.7 Å². The first-order chi connectivity index (χ1) is 12.6. The molecule has 0 unspecified atom stereocenters. The lowest BCUT2D eigenvalue weighted by Gasteiger charge is -2.05. The van der Waals surface area contributed by atoms with E-state index in [4.69, 9.17) is 0 Å². The Morgan fingerprint density at radius 3 is 2.73 bits per heavy atom. The summed E-state index contributed by atoms with van der Waals surface area (Å²) in [6.07, 6.45) is 2.88. The van der Waals surface area contributed by atoms with Gasteiger partial charge in [-0.15, -0.1) is 16.4 Å². The number of anilines is 1. The zero-order valence-corrected chi connectivity index (χ0v) is 15.4. The van der Waals surface area contributed by atoms with Gasteiger partial charge in [0, 0.05) is 23.9 Å². The van der Waals surface area contributed by atoms with Crippen LogP contribution in [0.3, 0.4) is 0 Å². The van der Waals surface area contributed by atoms with Crippen molar-refractivity contribution in [3.05, 3.63) is 47.0 Å². The van der Waals surface area contributed by atoms with Crippen molar-refractivity contribution < 1.29 is 9.59 Å². The molecule has 3 aromatic rings. The smallest absolute Gasteiger partial charge is 0.251 e. The highest BCUT2D eigenvalue weighted by molar-refractivity contribution is 7.15. The average Bonchev–Trinajstić information content (AvgIpc) is 3.20. The minimum absolute atomic E-state index is 0.0653. The Morgan fingerprint density at radius 2 is 1.96 bits per heavy atom. The maximum absolute atomic E-state index is 12.0. The van der Waals surface area contributed by atoms with Gasteiger partial charge >= 0.3 is 0 Å². The van der Waals surface area contributed by atoms with Crippen LogP contribution in [0.5, 0.6) is 0 Å². The Hall–Kier alpha value is -2.74. The van der Waals surface area contributed by atoms with Crippen molar-refractivity contribution in [1.82, 2.24) is 19.9 Å². The number of unbranched alkanes of at least 4 members (excludes halogenated alkanes) is 2. The van der Waals surface area contributed by atoms with Gasteiger partial charge < -0.3 is 5.32 Å². The van der Waals surface area contributed by atoms with E-state index in [1.165, 1.54) is 11.3 Å². The molecular formula is C18H21N5O2S. The predicted molar refractivity (Wildman–Crippen MR) is 101 cm³/mol. The van der Waals surface area contributed by atoms with Crippen molar-refractivity contribution in [2.75, 3.05) is 11.9 Å². The first-order valence-corrected chi connectivity index (χ1v) is 9.45. The molecule has 8 heteroatoms. The number of amides is 2. The molecule has 0 aliphatic carbocycles. The van der Waals surface area contributed by atoms with Crippen LogP contribution in [-0.2, 0) is 4.79 Å². The summed E-state index contributed by atoms with van der Waals surface area (Å²) in [4.78, 5) is 28.9. The van der Waals surface area contributed by atoms with E-state index in [9.17, 15) is 9.59 Å². The number of benzene rings is 1. The van der Waals surface area contributed by atoms with Gasteiger partial charge in [-0.05, 0) is 31.9 Å². The average molecular weight is 371 g/mol. The number of carbonyl (C=O) groups excluding carboxylic acids is 2. The van der Waals surface area contributed by atoms with Gasteiger partial charge in [-0.1, -0.05) is 24.6 Å².